The normalized spacial score (nSPS) is 14.3. The minimum atomic E-state index is -1.03. The van der Waals surface area contributed by atoms with E-state index in [-0.39, 0.29) is 0 Å². The van der Waals surface area contributed by atoms with E-state index < -0.39 is 24.0 Å². The van der Waals surface area contributed by atoms with Gasteiger partial charge in [-0.2, -0.15) is 0 Å². The van der Waals surface area contributed by atoms with Crippen LogP contribution < -0.4 is 11.1 Å². The first kappa shape index (κ1) is 14.6. The number of hydrogen-bond donors (Lipinski definition) is 3. The van der Waals surface area contributed by atoms with Crippen molar-refractivity contribution in [2.24, 2.45) is 5.73 Å². The van der Waals surface area contributed by atoms with Gasteiger partial charge in [0.15, 0.2) is 0 Å². The predicted molar refractivity (Wildman–Crippen MR) is 63.8 cm³/mol. The van der Waals surface area contributed by atoms with Gasteiger partial charge >= 0.3 is 5.97 Å². The first-order valence-electron chi connectivity index (χ1n) is 4.52. The van der Waals surface area contributed by atoms with Gasteiger partial charge < -0.3 is 16.2 Å². The summed E-state index contributed by atoms with van der Waals surface area (Å²) in [6.45, 7) is 3.50. The Morgan fingerprint density at radius 1 is 1.47 bits per heavy atom. The van der Waals surface area contributed by atoms with Crippen molar-refractivity contribution in [2.75, 3.05) is 11.5 Å². The first-order valence-corrected chi connectivity index (χ1v) is 7.01. The van der Waals surface area contributed by atoms with Crippen molar-refractivity contribution in [3.05, 3.63) is 0 Å². The molecule has 7 heteroatoms. The highest BCUT2D eigenvalue weighted by Gasteiger charge is 2.21. The average Bonchev–Trinajstić information content (AvgIpc) is 2.15. The number of rotatable bonds is 7. The molecule has 0 rings (SSSR count). The molecular formula is C8H16N2O3S2. The van der Waals surface area contributed by atoms with Crippen LogP contribution in [-0.2, 0) is 9.59 Å². The Morgan fingerprint density at radius 2 is 2.07 bits per heavy atom. The minimum absolute atomic E-state index is 0.340. The van der Waals surface area contributed by atoms with Gasteiger partial charge in [0.05, 0.1) is 6.04 Å². The van der Waals surface area contributed by atoms with Crippen molar-refractivity contribution in [3.8, 4) is 0 Å². The number of hydrogen-bond acceptors (Lipinski definition) is 5. The van der Waals surface area contributed by atoms with Crippen molar-refractivity contribution >= 4 is 33.5 Å². The third-order valence-electron chi connectivity index (χ3n) is 1.46. The highest BCUT2D eigenvalue weighted by Crippen LogP contribution is 2.21. The number of carbonyl (C=O) groups excluding carboxylic acids is 1. The van der Waals surface area contributed by atoms with Crippen LogP contribution in [0.25, 0.3) is 0 Å². The number of carboxylic acid groups (broad SMARTS) is 1. The number of amides is 1. The van der Waals surface area contributed by atoms with E-state index in [1.165, 1.54) is 17.7 Å². The van der Waals surface area contributed by atoms with Gasteiger partial charge in [-0.05, 0) is 6.92 Å². The topological polar surface area (TPSA) is 92.4 Å². The highest BCUT2D eigenvalue weighted by molar-refractivity contribution is 8.76. The lowest BCUT2D eigenvalue weighted by Crippen LogP contribution is -2.48. The maximum Gasteiger partial charge on any atom is 0.327 e. The third kappa shape index (κ3) is 6.64. The maximum absolute atomic E-state index is 11.2. The van der Waals surface area contributed by atoms with Gasteiger partial charge in [0.1, 0.15) is 6.04 Å². The van der Waals surface area contributed by atoms with Crippen molar-refractivity contribution < 1.29 is 14.7 Å². The smallest absolute Gasteiger partial charge is 0.327 e. The van der Waals surface area contributed by atoms with Crippen LogP contribution in [0.15, 0.2) is 0 Å². The van der Waals surface area contributed by atoms with E-state index >= 15 is 0 Å². The van der Waals surface area contributed by atoms with Crippen LogP contribution in [0.4, 0.5) is 0 Å². The monoisotopic (exact) mass is 252 g/mol. The number of nitrogens with one attached hydrogen (secondary N) is 1. The molecule has 0 heterocycles. The Morgan fingerprint density at radius 3 is 2.47 bits per heavy atom. The molecule has 0 aliphatic rings. The molecule has 2 atom stereocenters. The summed E-state index contributed by atoms with van der Waals surface area (Å²) in [5.74, 6) is -0.234. The molecule has 0 radical (unpaired) electrons. The number of carboxylic acids is 1. The second-order valence-corrected chi connectivity index (χ2v) is 5.68. The molecule has 0 aromatic rings. The van der Waals surface area contributed by atoms with Gasteiger partial charge in [-0.15, -0.1) is 0 Å². The van der Waals surface area contributed by atoms with Gasteiger partial charge in [-0.25, -0.2) is 4.79 Å². The first-order chi connectivity index (χ1) is 6.99. The summed E-state index contributed by atoms with van der Waals surface area (Å²) < 4.78 is 0. The van der Waals surface area contributed by atoms with Crippen molar-refractivity contribution in [1.82, 2.24) is 5.32 Å². The fourth-order valence-electron chi connectivity index (χ4n) is 0.677. The maximum atomic E-state index is 11.2. The van der Waals surface area contributed by atoms with Gasteiger partial charge in [-0.1, -0.05) is 28.5 Å². The summed E-state index contributed by atoms with van der Waals surface area (Å²) in [6, 6.07) is -1.55. The third-order valence-corrected chi connectivity index (χ3v) is 3.95. The molecule has 1 amide bonds. The lowest BCUT2D eigenvalue weighted by molar-refractivity contribution is -0.141. The molecule has 0 aliphatic heterocycles. The lowest BCUT2D eigenvalue weighted by Gasteiger charge is -2.15. The summed E-state index contributed by atoms with van der Waals surface area (Å²) >= 11 is 0. The fraction of sp³-hybridized carbons (Fsp3) is 0.750. The van der Waals surface area contributed by atoms with Crippen LogP contribution >= 0.6 is 21.6 Å². The predicted octanol–water partition coefficient (Wildman–Crippen LogP) is 0.304. The Labute approximate surface area is 96.9 Å². The van der Waals surface area contributed by atoms with Crippen LogP contribution in [0.3, 0.4) is 0 Å². The van der Waals surface area contributed by atoms with Gasteiger partial charge in [0, 0.05) is 11.5 Å². The largest absolute Gasteiger partial charge is 0.480 e. The molecular weight excluding hydrogens is 236 g/mol. The zero-order valence-electron chi connectivity index (χ0n) is 8.73. The number of aliphatic carboxylic acids is 1. The fourth-order valence-corrected chi connectivity index (χ4v) is 2.50. The summed E-state index contributed by atoms with van der Waals surface area (Å²) in [5.41, 5.74) is 5.32. The lowest BCUT2D eigenvalue weighted by atomic mass is 10.3. The zero-order valence-corrected chi connectivity index (χ0v) is 10.4. The van der Waals surface area contributed by atoms with E-state index in [0.717, 1.165) is 5.75 Å². The molecule has 0 spiro atoms. The standard InChI is InChI=1S/C8H16N2O3S2/c1-3-14-15-4-6(8(12)13)10-7(11)5(2)9/h5-6H,3-4,9H2,1-2H3,(H,10,11)(H,12,13)/t5-,6-/m0/s1. The molecule has 0 aromatic heterocycles. The Bertz CT molecular complexity index is 224. The quantitative estimate of drug-likeness (QED) is 0.446. The molecule has 0 saturated heterocycles. The van der Waals surface area contributed by atoms with Gasteiger partial charge in [0.25, 0.3) is 0 Å². The Balaban J connectivity index is 4.05. The van der Waals surface area contributed by atoms with E-state index in [9.17, 15) is 9.59 Å². The summed E-state index contributed by atoms with van der Waals surface area (Å²) in [5, 5.41) is 11.2. The second-order valence-electron chi connectivity index (χ2n) is 2.88. The van der Waals surface area contributed by atoms with Crippen molar-refractivity contribution in [3.63, 3.8) is 0 Å². The van der Waals surface area contributed by atoms with Crippen LogP contribution in [0.1, 0.15) is 13.8 Å². The SMILES string of the molecule is CCSSC[C@H](NC(=O)[C@H](C)N)C(=O)O. The number of carbonyl (C=O) groups is 2. The molecule has 0 fully saturated rings. The molecule has 0 saturated carbocycles. The van der Waals surface area contributed by atoms with Gasteiger partial charge in [0.2, 0.25) is 5.91 Å². The van der Waals surface area contributed by atoms with E-state index in [0.29, 0.717) is 5.75 Å². The zero-order chi connectivity index (χ0) is 11.8. The van der Waals surface area contributed by atoms with Crippen LogP contribution in [0, 0.1) is 0 Å². The van der Waals surface area contributed by atoms with E-state index in [4.69, 9.17) is 10.8 Å². The summed E-state index contributed by atoms with van der Waals surface area (Å²) in [7, 11) is 2.98. The Hall–Kier alpha value is -0.400. The molecule has 0 aliphatic carbocycles. The van der Waals surface area contributed by atoms with E-state index in [1.807, 2.05) is 6.92 Å². The van der Waals surface area contributed by atoms with Crippen LogP contribution in [0.2, 0.25) is 0 Å². The van der Waals surface area contributed by atoms with E-state index in [1.54, 1.807) is 10.8 Å². The van der Waals surface area contributed by atoms with Crippen molar-refractivity contribution in [1.29, 1.82) is 0 Å². The van der Waals surface area contributed by atoms with E-state index in [2.05, 4.69) is 5.32 Å². The van der Waals surface area contributed by atoms with Crippen LogP contribution in [0.5, 0.6) is 0 Å². The molecule has 88 valence electrons. The molecule has 5 nitrogen and oxygen atoms in total. The number of nitrogens with two attached hydrogens (primary N) is 1. The second kappa shape index (κ2) is 7.84. The summed E-state index contributed by atoms with van der Waals surface area (Å²) in [4.78, 5) is 21.9. The molecule has 0 aromatic carbocycles. The average molecular weight is 252 g/mol. The Kier molecular flexibility index (Phi) is 7.63. The van der Waals surface area contributed by atoms with Crippen LogP contribution in [-0.4, -0.2) is 40.6 Å². The molecule has 15 heavy (non-hydrogen) atoms. The molecule has 0 bridgehead atoms. The molecule has 0 unspecified atom stereocenters. The highest BCUT2D eigenvalue weighted by atomic mass is 33.1. The van der Waals surface area contributed by atoms with Crippen molar-refractivity contribution in [2.45, 2.75) is 25.9 Å². The molecule has 4 N–H and O–H groups in total. The summed E-state index contributed by atoms with van der Waals surface area (Å²) in [6.07, 6.45) is 0. The van der Waals surface area contributed by atoms with Gasteiger partial charge in [-0.3, -0.25) is 4.79 Å². The minimum Gasteiger partial charge on any atom is -0.480 e.